The number of aromatic nitrogens is 5. The van der Waals surface area contributed by atoms with Gasteiger partial charge < -0.3 is 5.48 Å². The lowest BCUT2D eigenvalue weighted by atomic mass is 10.1. The summed E-state index contributed by atoms with van der Waals surface area (Å²) in [6.07, 6.45) is 0. The molecule has 17 heavy (non-hydrogen) atoms. The van der Waals surface area contributed by atoms with Crippen LogP contribution in [-0.2, 0) is 0 Å². The van der Waals surface area contributed by atoms with Gasteiger partial charge in [0.25, 0.3) is 5.78 Å². The molecule has 0 bridgehead atoms. The molecular weight excluding hydrogens is 218 g/mol. The maximum Gasteiger partial charge on any atom is 0.274 e. The van der Waals surface area contributed by atoms with Gasteiger partial charge in [0, 0.05) is 11.3 Å². The maximum absolute atomic E-state index is 4.39. The average molecular weight is 229 g/mol. The Hall–Kier alpha value is -2.34. The molecule has 3 aromatic rings. The van der Waals surface area contributed by atoms with Crippen LogP contribution >= 0.6 is 0 Å². The van der Waals surface area contributed by atoms with Crippen LogP contribution in [0.4, 0.5) is 0 Å². The van der Waals surface area contributed by atoms with Crippen molar-refractivity contribution in [1.82, 2.24) is 25.0 Å². The summed E-state index contributed by atoms with van der Waals surface area (Å²) in [6.45, 7) is 1.96. The predicted molar refractivity (Wildman–Crippen MR) is 62.4 cm³/mol. The van der Waals surface area contributed by atoms with Crippen LogP contribution in [0, 0.1) is 6.92 Å². The largest absolute Gasteiger partial charge is 0.412 e. The Morgan fingerprint density at radius 1 is 1.12 bits per heavy atom. The van der Waals surface area contributed by atoms with Crippen LogP contribution in [0.5, 0.6) is 0 Å². The predicted octanol–water partition coefficient (Wildman–Crippen LogP) is 0.670. The molecule has 86 valence electrons. The Morgan fingerprint density at radius 2 is 1.88 bits per heavy atom. The van der Waals surface area contributed by atoms with E-state index in [1.807, 2.05) is 43.3 Å². The highest BCUT2D eigenvalue weighted by Crippen LogP contribution is 2.17. The van der Waals surface area contributed by atoms with Crippen molar-refractivity contribution in [2.24, 2.45) is 0 Å². The van der Waals surface area contributed by atoms with Gasteiger partial charge in [0.1, 0.15) is 0 Å². The van der Waals surface area contributed by atoms with Gasteiger partial charge in [0.05, 0.1) is 5.69 Å². The highest BCUT2D eigenvalue weighted by molar-refractivity contribution is 5.60. The molecule has 0 saturated heterocycles. The number of aryl methyl sites for hydroxylation is 1. The van der Waals surface area contributed by atoms with Crippen molar-refractivity contribution in [3.05, 3.63) is 42.1 Å². The van der Waals surface area contributed by atoms with E-state index in [0.29, 0.717) is 5.78 Å². The second-order valence-electron chi connectivity index (χ2n) is 3.54. The van der Waals surface area contributed by atoms with E-state index in [2.05, 4.69) is 20.5 Å². The standard InChI is InChI=1S/C11H9N5.H2O/c1-8-7-10(9-5-3-2-4-6-9)12-11-13-14-15-16(8)11;/h2-7H,1H3;1H2. The Kier molecular flexibility index (Phi) is 2.80. The summed E-state index contributed by atoms with van der Waals surface area (Å²) in [5, 5.41) is 11.3. The van der Waals surface area contributed by atoms with Crippen molar-refractivity contribution in [3.63, 3.8) is 0 Å². The molecule has 2 aromatic heterocycles. The third-order valence-electron chi connectivity index (χ3n) is 2.42. The Balaban J connectivity index is 0.00000108. The highest BCUT2D eigenvalue weighted by Gasteiger charge is 2.06. The molecule has 2 N–H and O–H groups in total. The summed E-state index contributed by atoms with van der Waals surface area (Å²) < 4.78 is 1.62. The van der Waals surface area contributed by atoms with E-state index in [4.69, 9.17) is 0 Å². The van der Waals surface area contributed by atoms with Gasteiger partial charge in [-0.3, -0.25) is 0 Å². The van der Waals surface area contributed by atoms with Crippen molar-refractivity contribution in [3.8, 4) is 11.3 Å². The molecule has 0 amide bonds. The monoisotopic (exact) mass is 229 g/mol. The fraction of sp³-hybridized carbons (Fsp3) is 0.0909. The van der Waals surface area contributed by atoms with Crippen LogP contribution in [0.2, 0.25) is 0 Å². The molecule has 3 rings (SSSR count). The Labute approximate surface area is 97.2 Å². The van der Waals surface area contributed by atoms with Gasteiger partial charge in [0.2, 0.25) is 0 Å². The molecule has 0 aliphatic rings. The van der Waals surface area contributed by atoms with Gasteiger partial charge in [-0.15, -0.1) is 0 Å². The van der Waals surface area contributed by atoms with Gasteiger partial charge in [-0.05, 0) is 23.4 Å². The van der Waals surface area contributed by atoms with Crippen molar-refractivity contribution in [2.45, 2.75) is 6.92 Å². The zero-order chi connectivity index (χ0) is 11.0. The first kappa shape index (κ1) is 11.2. The van der Waals surface area contributed by atoms with Crippen LogP contribution in [0.3, 0.4) is 0 Å². The topological polar surface area (TPSA) is 87.5 Å². The lowest BCUT2D eigenvalue weighted by Gasteiger charge is -2.02. The second kappa shape index (κ2) is 4.26. The van der Waals surface area contributed by atoms with E-state index < -0.39 is 0 Å². The van der Waals surface area contributed by atoms with Crippen molar-refractivity contribution in [1.29, 1.82) is 0 Å². The molecule has 0 aliphatic carbocycles. The summed E-state index contributed by atoms with van der Waals surface area (Å²) in [5.41, 5.74) is 2.92. The zero-order valence-corrected chi connectivity index (χ0v) is 9.20. The molecule has 1 aromatic carbocycles. The fourth-order valence-electron chi connectivity index (χ4n) is 1.64. The summed E-state index contributed by atoms with van der Waals surface area (Å²) in [6, 6.07) is 12.0. The highest BCUT2D eigenvalue weighted by atomic mass is 16.0. The Morgan fingerprint density at radius 3 is 2.65 bits per heavy atom. The average Bonchev–Trinajstić information content (AvgIpc) is 2.79. The first-order chi connectivity index (χ1) is 7.84. The van der Waals surface area contributed by atoms with Crippen LogP contribution in [-0.4, -0.2) is 30.5 Å². The number of hydrogen-bond donors (Lipinski definition) is 0. The van der Waals surface area contributed by atoms with E-state index in [1.165, 1.54) is 0 Å². The molecule has 0 fully saturated rings. The number of tetrazole rings is 1. The first-order valence-electron chi connectivity index (χ1n) is 4.96. The van der Waals surface area contributed by atoms with E-state index in [9.17, 15) is 0 Å². The van der Waals surface area contributed by atoms with Crippen LogP contribution in [0.1, 0.15) is 5.69 Å². The molecule has 0 aliphatic heterocycles. The summed E-state index contributed by atoms with van der Waals surface area (Å²) in [5.74, 6) is 0.527. The molecular formula is C11H11N5O. The van der Waals surface area contributed by atoms with Crippen LogP contribution < -0.4 is 0 Å². The summed E-state index contributed by atoms with van der Waals surface area (Å²) >= 11 is 0. The van der Waals surface area contributed by atoms with E-state index in [0.717, 1.165) is 17.0 Å². The van der Waals surface area contributed by atoms with E-state index in [-0.39, 0.29) is 5.48 Å². The normalized spacial score (nSPS) is 10.2. The van der Waals surface area contributed by atoms with Gasteiger partial charge in [0.15, 0.2) is 0 Å². The van der Waals surface area contributed by atoms with Gasteiger partial charge in [-0.2, -0.15) is 4.52 Å². The number of nitrogens with zero attached hydrogens (tertiary/aromatic N) is 5. The maximum atomic E-state index is 4.39. The summed E-state index contributed by atoms with van der Waals surface area (Å²) in [7, 11) is 0. The van der Waals surface area contributed by atoms with Crippen molar-refractivity contribution < 1.29 is 5.48 Å². The molecule has 0 spiro atoms. The second-order valence-corrected chi connectivity index (χ2v) is 3.54. The third-order valence-corrected chi connectivity index (χ3v) is 2.42. The minimum absolute atomic E-state index is 0. The lowest BCUT2D eigenvalue weighted by Crippen LogP contribution is -1.97. The first-order valence-corrected chi connectivity index (χ1v) is 4.96. The molecule has 2 heterocycles. The fourth-order valence-corrected chi connectivity index (χ4v) is 1.64. The van der Waals surface area contributed by atoms with E-state index in [1.54, 1.807) is 4.52 Å². The van der Waals surface area contributed by atoms with Gasteiger partial charge in [-0.25, -0.2) is 4.98 Å². The molecule has 0 unspecified atom stereocenters. The molecule has 0 saturated carbocycles. The van der Waals surface area contributed by atoms with Crippen molar-refractivity contribution >= 4 is 5.78 Å². The van der Waals surface area contributed by atoms with Gasteiger partial charge >= 0.3 is 0 Å². The third kappa shape index (κ3) is 1.85. The van der Waals surface area contributed by atoms with E-state index >= 15 is 0 Å². The zero-order valence-electron chi connectivity index (χ0n) is 9.20. The number of rotatable bonds is 1. The SMILES string of the molecule is Cc1cc(-c2ccccc2)nc2nnnn12.O. The Bertz CT molecular complexity index is 635. The number of benzene rings is 1. The molecule has 0 atom stereocenters. The van der Waals surface area contributed by atoms with Crippen LogP contribution in [0.15, 0.2) is 36.4 Å². The minimum atomic E-state index is 0. The minimum Gasteiger partial charge on any atom is -0.412 e. The smallest absolute Gasteiger partial charge is 0.274 e. The van der Waals surface area contributed by atoms with Gasteiger partial charge in [-0.1, -0.05) is 35.4 Å². The number of hydrogen-bond acceptors (Lipinski definition) is 4. The summed E-state index contributed by atoms with van der Waals surface area (Å²) in [4.78, 5) is 4.39. The number of fused-ring (bicyclic) bond motifs is 1. The van der Waals surface area contributed by atoms with Crippen LogP contribution in [0.25, 0.3) is 17.0 Å². The molecule has 6 heteroatoms. The molecule has 6 nitrogen and oxygen atoms in total. The molecule has 0 radical (unpaired) electrons. The quantitative estimate of drug-likeness (QED) is 0.613. The van der Waals surface area contributed by atoms with Crippen molar-refractivity contribution in [2.75, 3.05) is 0 Å². The lowest BCUT2D eigenvalue weighted by molar-refractivity contribution is 0.800.